The summed E-state index contributed by atoms with van der Waals surface area (Å²) >= 11 is 1.64. The molecular formula is C18H16FN3O2S. The van der Waals surface area contributed by atoms with E-state index in [1.54, 1.807) is 35.3 Å². The molecule has 4 rings (SSSR count). The molecule has 128 valence electrons. The maximum Gasteiger partial charge on any atom is 0.231 e. The smallest absolute Gasteiger partial charge is 0.231 e. The lowest BCUT2D eigenvalue weighted by Gasteiger charge is -2.16. The molecule has 1 atom stereocenters. The Morgan fingerprint density at radius 3 is 3.04 bits per heavy atom. The highest BCUT2D eigenvalue weighted by molar-refractivity contribution is 7.09. The van der Waals surface area contributed by atoms with Gasteiger partial charge in [0.25, 0.3) is 0 Å². The van der Waals surface area contributed by atoms with Crippen LogP contribution in [0.5, 0.6) is 0 Å². The van der Waals surface area contributed by atoms with Crippen molar-refractivity contribution in [3.63, 3.8) is 0 Å². The highest BCUT2D eigenvalue weighted by Crippen LogP contribution is 2.31. The number of carbonyl (C=O) groups excluding carboxylic acids is 1. The number of rotatable bonds is 4. The second-order valence-corrected chi connectivity index (χ2v) is 7.17. The van der Waals surface area contributed by atoms with Gasteiger partial charge in [-0.15, -0.1) is 11.3 Å². The van der Waals surface area contributed by atoms with Gasteiger partial charge in [0.05, 0.1) is 6.42 Å². The fraction of sp³-hybridized carbons (Fsp3) is 0.278. The lowest BCUT2D eigenvalue weighted by atomic mass is 10.1. The number of hydrogen-bond donors (Lipinski definition) is 0. The fourth-order valence-electron chi connectivity index (χ4n) is 2.99. The van der Waals surface area contributed by atoms with Gasteiger partial charge in [-0.1, -0.05) is 11.2 Å². The van der Waals surface area contributed by atoms with Crippen molar-refractivity contribution in [2.24, 2.45) is 0 Å². The van der Waals surface area contributed by atoms with Gasteiger partial charge in [-0.3, -0.25) is 4.79 Å². The molecule has 2 aromatic heterocycles. The molecule has 0 aliphatic carbocycles. The Labute approximate surface area is 148 Å². The van der Waals surface area contributed by atoms with Gasteiger partial charge in [-0.2, -0.15) is 4.98 Å². The zero-order valence-electron chi connectivity index (χ0n) is 13.6. The van der Waals surface area contributed by atoms with Crippen molar-refractivity contribution in [2.45, 2.75) is 25.7 Å². The fourth-order valence-corrected chi connectivity index (χ4v) is 3.69. The number of halogens is 1. The standard InChI is InChI=1S/C18H16FN3O2S/c1-11-7-13(4-5-15(11)19)22-10-12(8-17(22)23)18-20-16(24-21-18)9-14-3-2-6-25-14/h2-7,12H,8-10H2,1H3. The number of aryl methyl sites for hydroxylation is 1. The van der Waals surface area contributed by atoms with E-state index >= 15 is 0 Å². The topological polar surface area (TPSA) is 59.2 Å². The third-order valence-corrected chi connectivity index (χ3v) is 5.21. The minimum Gasteiger partial charge on any atom is -0.339 e. The molecule has 0 saturated carbocycles. The summed E-state index contributed by atoms with van der Waals surface area (Å²) in [5, 5.41) is 6.06. The largest absolute Gasteiger partial charge is 0.339 e. The van der Waals surface area contributed by atoms with Crippen LogP contribution in [0.25, 0.3) is 0 Å². The molecule has 1 aromatic carbocycles. The molecule has 1 aliphatic heterocycles. The predicted molar refractivity (Wildman–Crippen MR) is 92.3 cm³/mol. The average molecular weight is 357 g/mol. The van der Waals surface area contributed by atoms with E-state index in [9.17, 15) is 9.18 Å². The van der Waals surface area contributed by atoms with Crippen LogP contribution in [0.2, 0.25) is 0 Å². The Hall–Kier alpha value is -2.54. The van der Waals surface area contributed by atoms with Crippen LogP contribution < -0.4 is 4.90 Å². The minimum atomic E-state index is -0.275. The van der Waals surface area contributed by atoms with Crippen molar-refractivity contribution >= 4 is 22.9 Å². The number of aromatic nitrogens is 2. The van der Waals surface area contributed by atoms with E-state index in [0.29, 0.717) is 42.4 Å². The molecule has 0 N–H and O–H groups in total. The molecule has 1 aliphatic rings. The van der Waals surface area contributed by atoms with Crippen molar-refractivity contribution in [1.82, 2.24) is 10.1 Å². The van der Waals surface area contributed by atoms with E-state index in [1.807, 2.05) is 17.5 Å². The minimum absolute atomic E-state index is 0.0133. The maximum absolute atomic E-state index is 13.4. The number of nitrogens with zero attached hydrogens (tertiary/aromatic N) is 3. The van der Waals surface area contributed by atoms with Gasteiger partial charge >= 0.3 is 0 Å². The summed E-state index contributed by atoms with van der Waals surface area (Å²) in [6, 6.07) is 8.70. The number of amides is 1. The molecule has 1 amide bonds. The molecule has 0 radical (unpaired) electrons. The molecule has 1 unspecified atom stereocenters. The van der Waals surface area contributed by atoms with Crippen LogP contribution in [-0.2, 0) is 11.2 Å². The monoisotopic (exact) mass is 357 g/mol. The third kappa shape index (κ3) is 3.19. The van der Waals surface area contributed by atoms with Crippen LogP contribution in [0.4, 0.5) is 10.1 Å². The Balaban J connectivity index is 1.50. The average Bonchev–Trinajstić information content (AvgIpc) is 3.32. The molecule has 0 bridgehead atoms. The quantitative estimate of drug-likeness (QED) is 0.714. The van der Waals surface area contributed by atoms with E-state index in [0.717, 1.165) is 4.88 Å². The molecule has 1 saturated heterocycles. The SMILES string of the molecule is Cc1cc(N2CC(c3noc(Cc4cccs4)n3)CC2=O)ccc1F. The molecule has 0 spiro atoms. The number of benzene rings is 1. The second-order valence-electron chi connectivity index (χ2n) is 6.14. The lowest BCUT2D eigenvalue weighted by molar-refractivity contribution is -0.117. The van der Waals surface area contributed by atoms with Crippen molar-refractivity contribution in [3.8, 4) is 0 Å². The summed E-state index contributed by atoms with van der Waals surface area (Å²) in [6.45, 7) is 2.16. The number of thiophene rings is 1. The molecular weight excluding hydrogens is 341 g/mol. The summed E-state index contributed by atoms with van der Waals surface area (Å²) in [7, 11) is 0. The maximum atomic E-state index is 13.4. The Kier molecular flexibility index (Phi) is 4.09. The molecule has 3 heterocycles. The first-order chi connectivity index (χ1) is 12.1. The molecule has 7 heteroatoms. The Morgan fingerprint density at radius 2 is 2.28 bits per heavy atom. The van der Waals surface area contributed by atoms with Gasteiger partial charge in [0, 0.05) is 29.4 Å². The molecule has 25 heavy (non-hydrogen) atoms. The van der Waals surface area contributed by atoms with Crippen LogP contribution >= 0.6 is 11.3 Å². The Morgan fingerprint density at radius 1 is 1.40 bits per heavy atom. The summed E-state index contributed by atoms with van der Waals surface area (Å²) in [6.07, 6.45) is 0.931. The first-order valence-corrected chi connectivity index (χ1v) is 8.89. The second kappa shape index (κ2) is 6.40. The van der Waals surface area contributed by atoms with Gasteiger partial charge in [0.15, 0.2) is 5.82 Å². The van der Waals surface area contributed by atoms with Gasteiger partial charge in [0.1, 0.15) is 5.82 Å². The number of anilines is 1. The normalized spacial score (nSPS) is 17.4. The van der Waals surface area contributed by atoms with Crippen LogP contribution in [0.15, 0.2) is 40.2 Å². The van der Waals surface area contributed by atoms with Crippen LogP contribution in [0.1, 0.15) is 34.5 Å². The van der Waals surface area contributed by atoms with Crippen molar-refractivity contribution in [2.75, 3.05) is 11.4 Å². The van der Waals surface area contributed by atoms with E-state index in [4.69, 9.17) is 4.52 Å². The van der Waals surface area contributed by atoms with E-state index in [-0.39, 0.29) is 17.6 Å². The Bertz CT molecular complexity index is 907. The van der Waals surface area contributed by atoms with E-state index in [1.165, 1.54) is 6.07 Å². The van der Waals surface area contributed by atoms with Crippen molar-refractivity contribution < 1.29 is 13.7 Å². The first-order valence-electron chi connectivity index (χ1n) is 8.01. The van der Waals surface area contributed by atoms with Crippen molar-refractivity contribution in [1.29, 1.82) is 0 Å². The zero-order valence-corrected chi connectivity index (χ0v) is 14.4. The summed E-state index contributed by atoms with van der Waals surface area (Å²) in [5.41, 5.74) is 1.22. The predicted octanol–water partition coefficient (Wildman–Crippen LogP) is 3.69. The summed E-state index contributed by atoms with van der Waals surface area (Å²) in [4.78, 5) is 19.6. The van der Waals surface area contributed by atoms with E-state index in [2.05, 4.69) is 10.1 Å². The van der Waals surface area contributed by atoms with Gasteiger partial charge in [-0.05, 0) is 42.1 Å². The van der Waals surface area contributed by atoms with Gasteiger partial charge < -0.3 is 9.42 Å². The van der Waals surface area contributed by atoms with Gasteiger partial charge in [-0.25, -0.2) is 4.39 Å². The molecule has 5 nitrogen and oxygen atoms in total. The molecule has 1 fully saturated rings. The number of carbonyl (C=O) groups is 1. The zero-order chi connectivity index (χ0) is 17.4. The summed E-state index contributed by atoms with van der Waals surface area (Å²) < 4.78 is 18.8. The molecule has 3 aromatic rings. The van der Waals surface area contributed by atoms with Gasteiger partial charge in [0.2, 0.25) is 11.8 Å². The summed E-state index contributed by atoms with van der Waals surface area (Å²) in [5.74, 6) is 0.713. The van der Waals surface area contributed by atoms with E-state index < -0.39 is 0 Å². The van der Waals surface area contributed by atoms with Crippen LogP contribution in [0, 0.1) is 12.7 Å². The lowest BCUT2D eigenvalue weighted by Crippen LogP contribution is -2.24. The van der Waals surface area contributed by atoms with Crippen molar-refractivity contribution in [3.05, 3.63) is 63.7 Å². The van der Waals surface area contributed by atoms with Crippen LogP contribution in [-0.4, -0.2) is 22.6 Å². The van der Waals surface area contributed by atoms with Crippen LogP contribution in [0.3, 0.4) is 0 Å². The first kappa shape index (κ1) is 16.0. The number of hydrogen-bond acceptors (Lipinski definition) is 5. The highest BCUT2D eigenvalue weighted by Gasteiger charge is 2.34. The highest BCUT2D eigenvalue weighted by atomic mass is 32.1. The third-order valence-electron chi connectivity index (χ3n) is 4.33.